The highest BCUT2D eigenvalue weighted by atomic mass is 79.9. The number of aliphatic hydroxyl groups excluding tert-OH is 1. The minimum Gasteiger partial charge on any atom is -0.392 e. The van der Waals surface area contributed by atoms with Gasteiger partial charge in [0.15, 0.2) is 5.69 Å². The Kier molecular flexibility index (Phi) is 3.78. The van der Waals surface area contributed by atoms with Crippen molar-refractivity contribution < 1.29 is 9.90 Å². The minimum atomic E-state index is -0.222. The van der Waals surface area contributed by atoms with E-state index in [9.17, 15) is 4.79 Å². The smallest absolute Gasteiger partial charge is 0.271 e. The number of benzene rings is 1. The highest BCUT2D eigenvalue weighted by Gasteiger charge is 2.08. The van der Waals surface area contributed by atoms with Crippen LogP contribution in [-0.2, 0) is 6.61 Å². The van der Waals surface area contributed by atoms with Crippen LogP contribution in [0.2, 0.25) is 0 Å². The average molecular weight is 310 g/mol. The summed E-state index contributed by atoms with van der Waals surface area (Å²) in [6, 6.07) is 7.12. The van der Waals surface area contributed by atoms with Gasteiger partial charge in [0.25, 0.3) is 5.91 Å². The average Bonchev–Trinajstić information content (AvgIpc) is 2.87. The molecule has 0 bridgehead atoms. The first kappa shape index (κ1) is 12.8. The van der Waals surface area contributed by atoms with E-state index in [0.717, 1.165) is 15.7 Å². The molecular formula is C12H12BrN3O2. The van der Waals surface area contributed by atoms with Crippen molar-refractivity contribution in [3.8, 4) is 5.69 Å². The number of aromatic nitrogens is 2. The second-order valence-corrected chi connectivity index (χ2v) is 4.51. The van der Waals surface area contributed by atoms with Gasteiger partial charge in [-0.15, -0.1) is 0 Å². The highest BCUT2D eigenvalue weighted by molar-refractivity contribution is 9.10. The summed E-state index contributed by atoms with van der Waals surface area (Å²) in [5, 5.41) is 15.8. The molecule has 0 spiro atoms. The zero-order chi connectivity index (χ0) is 13.1. The van der Waals surface area contributed by atoms with Crippen molar-refractivity contribution in [1.82, 2.24) is 15.1 Å². The Bertz CT molecular complexity index is 580. The predicted molar refractivity (Wildman–Crippen MR) is 70.6 cm³/mol. The normalized spacial score (nSPS) is 10.4. The molecule has 1 heterocycles. The van der Waals surface area contributed by atoms with E-state index in [4.69, 9.17) is 5.11 Å². The summed E-state index contributed by atoms with van der Waals surface area (Å²) in [5.74, 6) is -0.222. The van der Waals surface area contributed by atoms with Crippen LogP contribution in [0.25, 0.3) is 5.69 Å². The third kappa shape index (κ3) is 2.44. The van der Waals surface area contributed by atoms with Crippen molar-refractivity contribution in [3.63, 3.8) is 0 Å². The third-order valence-corrected chi connectivity index (χ3v) is 3.26. The maximum absolute atomic E-state index is 11.4. The van der Waals surface area contributed by atoms with Crippen molar-refractivity contribution in [3.05, 3.63) is 46.2 Å². The lowest BCUT2D eigenvalue weighted by Crippen LogP contribution is -2.18. The predicted octanol–water partition coefficient (Wildman–Crippen LogP) is 1.49. The molecule has 0 unspecified atom stereocenters. The minimum absolute atomic E-state index is 0.0243. The molecule has 1 amide bonds. The second kappa shape index (κ2) is 5.32. The van der Waals surface area contributed by atoms with E-state index in [1.165, 1.54) is 0 Å². The fourth-order valence-corrected chi connectivity index (χ4v) is 2.02. The monoisotopic (exact) mass is 309 g/mol. The number of nitrogens with one attached hydrogen (secondary N) is 1. The van der Waals surface area contributed by atoms with Gasteiger partial charge in [0.2, 0.25) is 0 Å². The van der Waals surface area contributed by atoms with Gasteiger partial charge in [0, 0.05) is 17.7 Å². The van der Waals surface area contributed by atoms with Gasteiger partial charge in [-0.05, 0) is 23.8 Å². The number of carbonyl (C=O) groups excluding carboxylic acids is 1. The van der Waals surface area contributed by atoms with E-state index in [2.05, 4.69) is 26.3 Å². The molecule has 1 aromatic carbocycles. The largest absolute Gasteiger partial charge is 0.392 e. The first-order valence-electron chi connectivity index (χ1n) is 5.33. The Hall–Kier alpha value is -1.66. The van der Waals surface area contributed by atoms with Gasteiger partial charge in [-0.2, -0.15) is 5.10 Å². The van der Waals surface area contributed by atoms with E-state index >= 15 is 0 Å². The van der Waals surface area contributed by atoms with Gasteiger partial charge in [0.05, 0.1) is 12.3 Å². The topological polar surface area (TPSA) is 67.2 Å². The van der Waals surface area contributed by atoms with E-state index in [0.29, 0.717) is 5.69 Å². The first-order chi connectivity index (χ1) is 8.65. The van der Waals surface area contributed by atoms with Crippen molar-refractivity contribution in [2.75, 3.05) is 7.05 Å². The van der Waals surface area contributed by atoms with Gasteiger partial charge < -0.3 is 10.4 Å². The van der Waals surface area contributed by atoms with Crippen molar-refractivity contribution in [2.45, 2.75) is 6.61 Å². The van der Waals surface area contributed by atoms with Gasteiger partial charge in [0.1, 0.15) is 0 Å². The van der Waals surface area contributed by atoms with E-state index in [1.807, 2.05) is 12.1 Å². The van der Waals surface area contributed by atoms with Crippen molar-refractivity contribution in [2.24, 2.45) is 0 Å². The molecule has 0 aliphatic carbocycles. The lowest BCUT2D eigenvalue weighted by atomic mass is 10.2. The molecule has 1 aromatic heterocycles. The van der Waals surface area contributed by atoms with Crippen molar-refractivity contribution in [1.29, 1.82) is 0 Å². The molecule has 6 heteroatoms. The Balaban J connectivity index is 2.34. The number of hydrogen-bond donors (Lipinski definition) is 2. The Labute approximate surface area is 113 Å². The first-order valence-corrected chi connectivity index (χ1v) is 6.12. The standard InChI is InChI=1S/C12H12BrN3O2/c1-14-12(18)11-4-5-16(15-11)9-3-2-8(7-17)10(13)6-9/h2-6,17H,7H2,1H3,(H,14,18). The molecule has 0 radical (unpaired) electrons. The van der Waals surface area contributed by atoms with Crippen LogP contribution in [0.5, 0.6) is 0 Å². The fourth-order valence-electron chi connectivity index (χ4n) is 1.52. The second-order valence-electron chi connectivity index (χ2n) is 3.66. The molecule has 0 aliphatic rings. The summed E-state index contributed by atoms with van der Waals surface area (Å²) in [4.78, 5) is 11.4. The van der Waals surface area contributed by atoms with Crippen LogP contribution in [0.15, 0.2) is 34.9 Å². The van der Waals surface area contributed by atoms with Gasteiger partial charge in [-0.25, -0.2) is 4.68 Å². The summed E-state index contributed by atoms with van der Waals surface area (Å²) in [5.41, 5.74) is 1.98. The quantitative estimate of drug-likeness (QED) is 0.902. The van der Waals surface area contributed by atoms with Gasteiger partial charge in [-0.3, -0.25) is 4.79 Å². The number of carbonyl (C=O) groups is 1. The summed E-state index contributed by atoms with van der Waals surface area (Å²) in [6.07, 6.45) is 1.71. The highest BCUT2D eigenvalue weighted by Crippen LogP contribution is 2.20. The molecule has 0 saturated heterocycles. The van der Waals surface area contributed by atoms with Crippen molar-refractivity contribution >= 4 is 21.8 Å². The Morgan fingerprint density at radius 2 is 2.28 bits per heavy atom. The SMILES string of the molecule is CNC(=O)c1ccn(-c2ccc(CO)c(Br)c2)n1. The van der Waals surface area contributed by atoms with Crippen LogP contribution in [0.4, 0.5) is 0 Å². The molecule has 0 saturated carbocycles. The molecular weight excluding hydrogens is 298 g/mol. The van der Waals surface area contributed by atoms with E-state index < -0.39 is 0 Å². The van der Waals surface area contributed by atoms with Crippen LogP contribution >= 0.6 is 15.9 Å². The van der Waals surface area contributed by atoms with Gasteiger partial charge in [-0.1, -0.05) is 22.0 Å². The summed E-state index contributed by atoms with van der Waals surface area (Å²) in [6.45, 7) is -0.0243. The number of halogens is 1. The molecule has 5 nitrogen and oxygen atoms in total. The molecule has 94 valence electrons. The van der Waals surface area contributed by atoms with Crippen LogP contribution < -0.4 is 5.32 Å². The maximum Gasteiger partial charge on any atom is 0.271 e. The fraction of sp³-hybridized carbons (Fsp3) is 0.167. The van der Waals surface area contributed by atoms with Crippen LogP contribution in [0.3, 0.4) is 0 Å². The summed E-state index contributed by atoms with van der Waals surface area (Å²) >= 11 is 3.37. The Morgan fingerprint density at radius 1 is 1.50 bits per heavy atom. The maximum atomic E-state index is 11.4. The van der Waals surface area contributed by atoms with Crippen LogP contribution in [0, 0.1) is 0 Å². The number of rotatable bonds is 3. The van der Waals surface area contributed by atoms with E-state index in [-0.39, 0.29) is 12.5 Å². The zero-order valence-corrected chi connectivity index (χ0v) is 11.3. The third-order valence-electron chi connectivity index (χ3n) is 2.52. The number of amides is 1. The molecule has 0 aliphatic heterocycles. The molecule has 0 fully saturated rings. The number of nitrogens with zero attached hydrogens (tertiary/aromatic N) is 2. The van der Waals surface area contributed by atoms with Crippen LogP contribution in [-0.4, -0.2) is 27.8 Å². The zero-order valence-electron chi connectivity index (χ0n) is 9.72. The van der Waals surface area contributed by atoms with E-state index in [1.54, 1.807) is 30.1 Å². The molecule has 2 N–H and O–H groups in total. The van der Waals surface area contributed by atoms with Crippen LogP contribution in [0.1, 0.15) is 16.1 Å². The summed E-state index contributed by atoms with van der Waals surface area (Å²) in [7, 11) is 1.56. The lowest BCUT2D eigenvalue weighted by molar-refractivity contribution is 0.0957. The lowest BCUT2D eigenvalue weighted by Gasteiger charge is -2.05. The molecule has 2 aromatic rings. The molecule has 2 rings (SSSR count). The number of hydrogen-bond acceptors (Lipinski definition) is 3. The summed E-state index contributed by atoms with van der Waals surface area (Å²) < 4.78 is 2.41. The number of aliphatic hydroxyl groups is 1. The Morgan fingerprint density at radius 3 is 2.89 bits per heavy atom. The molecule has 18 heavy (non-hydrogen) atoms. The molecule has 0 atom stereocenters. The van der Waals surface area contributed by atoms with Gasteiger partial charge >= 0.3 is 0 Å².